The fraction of sp³-hybridized carbons (Fsp3) is 0.286. The Morgan fingerprint density at radius 3 is 2.63 bits per heavy atom. The van der Waals surface area contributed by atoms with Gasteiger partial charge in [-0.15, -0.1) is 5.10 Å². The Bertz CT molecular complexity index is 1020. The maximum Gasteiger partial charge on any atom is 0.346 e. The molecule has 0 bridgehead atoms. The first-order valence-electron chi connectivity index (χ1n) is 9.23. The van der Waals surface area contributed by atoms with Gasteiger partial charge in [0.25, 0.3) is 5.91 Å². The number of carbonyl (C=O) groups excluding carboxylic acids is 1. The van der Waals surface area contributed by atoms with Gasteiger partial charge in [-0.25, -0.2) is 9.48 Å². The number of hydrogen-bond acceptors (Lipinski definition) is 3. The van der Waals surface area contributed by atoms with Gasteiger partial charge in [0, 0.05) is 23.7 Å². The summed E-state index contributed by atoms with van der Waals surface area (Å²) in [4.78, 5) is 25.0. The van der Waals surface area contributed by atoms with Crippen LogP contribution >= 0.6 is 0 Å². The summed E-state index contributed by atoms with van der Waals surface area (Å²) in [5.74, 6) is 0.560. The van der Waals surface area contributed by atoms with Crippen molar-refractivity contribution in [2.24, 2.45) is 0 Å². The molecule has 1 aromatic heterocycles. The van der Waals surface area contributed by atoms with Crippen LogP contribution in [0.1, 0.15) is 34.8 Å². The van der Waals surface area contributed by atoms with Crippen molar-refractivity contribution in [3.05, 3.63) is 76.2 Å². The molecule has 0 aliphatic heterocycles. The maximum absolute atomic E-state index is 12.8. The van der Waals surface area contributed by atoms with E-state index in [-0.39, 0.29) is 17.6 Å². The highest BCUT2D eigenvalue weighted by molar-refractivity contribution is 5.94. The van der Waals surface area contributed by atoms with Crippen LogP contribution in [0.15, 0.2) is 59.4 Å². The van der Waals surface area contributed by atoms with Crippen molar-refractivity contribution >= 4 is 5.91 Å². The minimum atomic E-state index is -0.142. The summed E-state index contributed by atoms with van der Waals surface area (Å²) in [6, 6.07) is 17.4. The summed E-state index contributed by atoms with van der Waals surface area (Å²) >= 11 is 0. The second kappa shape index (κ2) is 7.23. The van der Waals surface area contributed by atoms with E-state index in [9.17, 15) is 9.59 Å². The van der Waals surface area contributed by atoms with E-state index in [4.69, 9.17) is 0 Å². The lowest BCUT2D eigenvalue weighted by Gasteiger charge is -2.05. The van der Waals surface area contributed by atoms with Gasteiger partial charge in [-0.05, 0) is 31.9 Å². The number of carbonyl (C=O) groups is 1. The molecule has 0 radical (unpaired) electrons. The average molecular weight is 362 g/mol. The Morgan fingerprint density at radius 2 is 1.93 bits per heavy atom. The zero-order chi connectivity index (χ0) is 18.8. The predicted octanol–water partition coefficient (Wildman–Crippen LogP) is 2.79. The van der Waals surface area contributed by atoms with Crippen LogP contribution in [0.2, 0.25) is 0 Å². The van der Waals surface area contributed by atoms with E-state index in [1.165, 1.54) is 4.68 Å². The number of hydrogen-bond donors (Lipinski definition) is 1. The highest BCUT2D eigenvalue weighted by Gasteiger charge is 2.30. The van der Waals surface area contributed by atoms with E-state index in [0.717, 1.165) is 24.0 Å². The second-order valence-corrected chi connectivity index (χ2v) is 6.92. The molecular weight excluding hydrogens is 340 g/mol. The third-order valence-corrected chi connectivity index (χ3v) is 4.70. The molecule has 27 heavy (non-hydrogen) atoms. The van der Waals surface area contributed by atoms with E-state index in [1.807, 2.05) is 55.5 Å². The van der Waals surface area contributed by atoms with E-state index in [2.05, 4.69) is 10.4 Å². The van der Waals surface area contributed by atoms with Crippen LogP contribution in [0.4, 0.5) is 0 Å². The number of aryl methyl sites for hydroxylation is 1. The predicted molar refractivity (Wildman–Crippen MR) is 104 cm³/mol. The van der Waals surface area contributed by atoms with Crippen LogP contribution in [0, 0.1) is 6.92 Å². The molecule has 4 rings (SSSR count). The van der Waals surface area contributed by atoms with Crippen molar-refractivity contribution in [3.8, 4) is 11.4 Å². The van der Waals surface area contributed by atoms with Crippen molar-refractivity contribution in [3.63, 3.8) is 0 Å². The van der Waals surface area contributed by atoms with Gasteiger partial charge >= 0.3 is 5.69 Å². The molecule has 0 atom stereocenters. The molecule has 1 aliphatic rings. The Morgan fingerprint density at radius 1 is 1.15 bits per heavy atom. The van der Waals surface area contributed by atoms with Crippen LogP contribution in [-0.4, -0.2) is 26.8 Å². The molecule has 138 valence electrons. The minimum absolute atomic E-state index is 0.110. The number of nitrogens with one attached hydrogen (secondary N) is 1. The first-order valence-corrected chi connectivity index (χ1v) is 9.23. The molecule has 1 heterocycles. The van der Waals surface area contributed by atoms with Crippen molar-refractivity contribution < 1.29 is 4.79 Å². The van der Waals surface area contributed by atoms with E-state index < -0.39 is 0 Å². The minimum Gasteiger partial charge on any atom is -0.350 e. The maximum atomic E-state index is 12.8. The van der Waals surface area contributed by atoms with Crippen LogP contribution in [-0.2, 0) is 6.54 Å². The summed E-state index contributed by atoms with van der Waals surface area (Å²) < 4.78 is 3.24. The van der Waals surface area contributed by atoms with Gasteiger partial charge in [-0.2, -0.15) is 0 Å². The standard InChI is InChI=1S/C21H22N4O2/c1-15-6-5-9-17(14-15)20(26)22-12-13-24-21(27)25(18-10-11-18)19(23-24)16-7-3-2-4-8-16/h2-9,14,18H,10-13H2,1H3,(H,22,26). The first kappa shape index (κ1) is 17.3. The number of benzene rings is 2. The van der Waals surface area contributed by atoms with Crippen LogP contribution in [0.3, 0.4) is 0 Å². The first-order chi connectivity index (χ1) is 13.1. The van der Waals surface area contributed by atoms with Crippen LogP contribution in [0.5, 0.6) is 0 Å². The normalized spacial score (nSPS) is 13.5. The summed E-state index contributed by atoms with van der Waals surface area (Å²) in [6.07, 6.45) is 2.02. The van der Waals surface area contributed by atoms with E-state index >= 15 is 0 Å². The van der Waals surface area contributed by atoms with Gasteiger partial charge in [0.1, 0.15) is 0 Å². The zero-order valence-electron chi connectivity index (χ0n) is 15.3. The average Bonchev–Trinajstić information content (AvgIpc) is 3.46. The van der Waals surface area contributed by atoms with Gasteiger partial charge in [0.2, 0.25) is 0 Å². The molecule has 1 fully saturated rings. The molecule has 6 nitrogen and oxygen atoms in total. The molecule has 3 aromatic rings. The lowest BCUT2D eigenvalue weighted by atomic mass is 10.1. The van der Waals surface area contributed by atoms with Crippen LogP contribution in [0.25, 0.3) is 11.4 Å². The molecule has 1 amide bonds. The Kier molecular flexibility index (Phi) is 4.62. The van der Waals surface area contributed by atoms with Gasteiger partial charge < -0.3 is 5.32 Å². The molecule has 0 unspecified atom stereocenters. The number of nitrogens with zero attached hydrogens (tertiary/aromatic N) is 3. The molecule has 0 saturated heterocycles. The van der Waals surface area contributed by atoms with Crippen molar-refractivity contribution in [2.45, 2.75) is 32.4 Å². The molecule has 1 saturated carbocycles. The summed E-state index contributed by atoms with van der Waals surface area (Å²) in [5, 5.41) is 7.41. The van der Waals surface area contributed by atoms with Gasteiger partial charge in [0.15, 0.2) is 5.82 Å². The van der Waals surface area contributed by atoms with Crippen LogP contribution < -0.4 is 11.0 Å². The largest absolute Gasteiger partial charge is 0.350 e. The zero-order valence-corrected chi connectivity index (χ0v) is 15.3. The SMILES string of the molecule is Cc1cccc(C(=O)NCCn2nc(-c3ccccc3)n(C3CC3)c2=O)c1. The third-order valence-electron chi connectivity index (χ3n) is 4.70. The van der Waals surface area contributed by atoms with Gasteiger partial charge in [0.05, 0.1) is 6.54 Å². The highest BCUT2D eigenvalue weighted by atomic mass is 16.2. The van der Waals surface area contributed by atoms with E-state index in [1.54, 1.807) is 10.6 Å². The van der Waals surface area contributed by atoms with Crippen molar-refractivity contribution in [1.29, 1.82) is 0 Å². The summed E-state index contributed by atoms with van der Waals surface area (Å²) in [5.41, 5.74) is 2.48. The third kappa shape index (κ3) is 3.69. The lowest BCUT2D eigenvalue weighted by Crippen LogP contribution is -2.32. The van der Waals surface area contributed by atoms with E-state index in [0.29, 0.717) is 24.5 Å². The monoisotopic (exact) mass is 362 g/mol. The molecular formula is C21H22N4O2. The Balaban J connectivity index is 1.50. The molecule has 1 aliphatic carbocycles. The fourth-order valence-electron chi connectivity index (χ4n) is 3.18. The number of rotatable bonds is 6. The number of amides is 1. The molecule has 0 spiro atoms. The summed E-state index contributed by atoms with van der Waals surface area (Å²) in [7, 11) is 0. The highest BCUT2D eigenvalue weighted by Crippen LogP contribution is 2.36. The topological polar surface area (TPSA) is 68.9 Å². The Hall–Kier alpha value is -3.15. The van der Waals surface area contributed by atoms with Gasteiger partial charge in [-0.3, -0.25) is 9.36 Å². The molecule has 1 N–H and O–H groups in total. The summed E-state index contributed by atoms with van der Waals surface area (Å²) in [6.45, 7) is 2.64. The lowest BCUT2D eigenvalue weighted by molar-refractivity contribution is 0.0951. The van der Waals surface area contributed by atoms with Crippen molar-refractivity contribution in [1.82, 2.24) is 19.7 Å². The second-order valence-electron chi connectivity index (χ2n) is 6.92. The van der Waals surface area contributed by atoms with Gasteiger partial charge in [-0.1, -0.05) is 48.0 Å². The number of aromatic nitrogens is 3. The molecule has 6 heteroatoms. The Labute approximate surface area is 157 Å². The molecule has 2 aromatic carbocycles. The quantitative estimate of drug-likeness (QED) is 0.733. The van der Waals surface area contributed by atoms with Crippen molar-refractivity contribution in [2.75, 3.05) is 6.54 Å². The smallest absolute Gasteiger partial charge is 0.346 e. The fourth-order valence-corrected chi connectivity index (χ4v) is 3.18.